The van der Waals surface area contributed by atoms with Gasteiger partial charge in [-0.05, 0) is 28.1 Å². The van der Waals surface area contributed by atoms with Crippen molar-refractivity contribution >= 4 is 34.1 Å². The highest BCUT2D eigenvalue weighted by atomic mass is 79.9. The number of ketones is 1. The van der Waals surface area contributed by atoms with Crippen molar-refractivity contribution in [1.29, 1.82) is 0 Å². The number of carbonyl (C=O) groups is 1. The number of rotatable bonds is 1. The summed E-state index contributed by atoms with van der Waals surface area (Å²) in [4.78, 5) is 14.6. The van der Waals surface area contributed by atoms with Gasteiger partial charge < -0.3 is 0 Å². The van der Waals surface area contributed by atoms with Crippen LogP contribution in [0.15, 0.2) is 22.8 Å². The van der Waals surface area contributed by atoms with Crippen LogP contribution >= 0.6 is 28.3 Å². The second-order valence-electron chi connectivity index (χ2n) is 1.92. The first-order chi connectivity index (χ1) is 4.70. The molecule has 0 spiro atoms. The van der Waals surface area contributed by atoms with E-state index in [1.807, 2.05) is 0 Å². The molecule has 0 radical (unpaired) electrons. The second kappa shape index (κ2) is 4.46. The van der Waals surface area contributed by atoms with Crippen LogP contribution in [-0.2, 0) is 0 Å². The van der Waals surface area contributed by atoms with E-state index in [1.54, 1.807) is 18.3 Å². The van der Waals surface area contributed by atoms with Gasteiger partial charge in [0.05, 0.1) is 0 Å². The van der Waals surface area contributed by atoms with Crippen LogP contribution in [0.1, 0.15) is 17.4 Å². The zero-order chi connectivity index (χ0) is 7.56. The molecular weight excluding hydrogens is 229 g/mol. The summed E-state index contributed by atoms with van der Waals surface area (Å²) in [7, 11) is 0. The van der Waals surface area contributed by atoms with Gasteiger partial charge in [-0.1, -0.05) is 0 Å². The van der Waals surface area contributed by atoms with Gasteiger partial charge in [-0.25, -0.2) is 0 Å². The summed E-state index contributed by atoms with van der Waals surface area (Å²) >= 11 is 3.22. The van der Waals surface area contributed by atoms with E-state index in [4.69, 9.17) is 0 Å². The Hall–Kier alpha value is -0.410. The number of carbonyl (C=O) groups excluding carboxylic acids is 1. The molecule has 0 aliphatic carbocycles. The lowest BCUT2D eigenvalue weighted by Gasteiger charge is -1.92. The van der Waals surface area contributed by atoms with Crippen molar-refractivity contribution in [3.63, 3.8) is 0 Å². The van der Waals surface area contributed by atoms with Crippen LogP contribution < -0.4 is 0 Å². The summed E-state index contributed by atoms with van der Waals surface area (Å²) < 4.78 is 0.887. The lowest BCUT2D eigenvalue weighted by Crippen LogP contribution is -1.94. The molecule has 1 heterocycles. The first kappa shape index (κ1) is 10.6. The van der Waals surface area contributed by atoms with Crippen LogP contribution in [-0.4, -0.2) is 10.8 Å². The Morgan fingerprint density at radius 1 is 1.55 bits per heavy atom. The maximum absolute atomic E-state index is 10.7. The fourth-order valence-corrected chi connectivity index (χ4v) is 0.819. The van der Waals surface area contributed by atoms with Crippen LogP contribution in [0, 0.1) is 0 Å². The SMILES string of the molecule is CC(=O)c1ccc(Br)cn1.Cl. The smallest absolute Gasteiger partial charge is 0.178 e. The standard InChI is InChI=1S/C7H6BrNO.ClH/c1-5(10)7-3-2-6(8)4-9-7;/h2-4H,1H3;1H. The van der Waals surface area contributed by atoms with Crippen LogP contribution in [0.25, 0.3) is 0 Å². The van der Waals surface area contributed by atoms with Gasteiger partial charge in [-0.3, -0.25) is 9.78 Å². The minimum atomic E-state index is -0.00694. The molecule has 0 saturated carbocycles. The molecule has 0 amide bonds. The Morgan fingerprint density at radius 2 is 2.18 bits per heavy atom. The molecule has 60 valence electrons. The summed E-state index contributed by atoms with van der Waals surface area (Å²) in [6, 6.07) is 3.48. The third-order valence-electron chi connectivity index (χ3n) is 1.09. The Morgan fingerprint density at radius 3 is 2.55 bits per heavy atom. The number of hydrogen-bond acceptors (Lipinski definition) is 2. The summed E-state index contributed by atoms with van der Waals surface area (Å²) in [6.07, 6.45) is 1.61. The zero-order valence-electron chi connectivity index (χ0n) is 5.87. The van der Waals surface area contributed by atoms with E-state index >= 15 is 0 Å². The van der Waals surface area contributed by atoms with Crippen molar-refractivity contribution in [2.24, 2.45) is 0 Å². The number of pyridine rings is 1. The number of nitrogens with zero attached hydrogens (tertiary/aromatic N) is 1. The maximum Gasteiger partial charge on any atom is 0.178 e. The van der Waals surface area contributed by atoms with E-state index in [0.29, 0.717) is 5.69 Å². The molecule has 0 bridgehead atoms. The second-order valence-corrected chi connectivity index (χ2v) is 2.83. The average Bonchev–Trinajstić information content (AvgIpc) is 1.88. The lowest BCUT2D eigenvalue weighted by atomic mass is 10.3. The molecule has 1 aromatic rings. The van der Waals surface area contributed by atoms with Crippen molar-refractivity contribution in [1.82, 2.24) is 4.98 Å². The molecule has 0 aliphatic heterocycles. The molecule has 0 atom stereocenters. The third-order valence-corrected chi connectivity index (χ3v) is 1.56. The van der Waals surface area contributed by atoms with E-state index in [0.717, 1.165) is 4.47 Å². The van der Waals surface area contributed by atoms with Crippen LogP contribution in [0.3, 0.4) is 0 Å². The minimum absolute atomic E-state index is 0. The third kappa shape index (κ3) is 2.99. The predicted molar refractivity (Wildman–Crippen MR) is 49.2 cm³/mol. The lowest BCUT2D eigenvalue weighted by molar-refractivity contribution is 0.101. The molecule has 4 heteroatoms. The molecule has 1 rings (SSSR count). The predicted octanol–water partition coefficient (Wildman–Crippen LogP) is 2.47. The van der Waals surface area contributed by atoms with Crippen LogP contribution in [0.5, 0.6) is 0 Å². The van der Waals surface area contributed by atoms with Crippen molar-refractivity contribution < 1.29 is 4.79 Å². The molecule has 11 heavy (non-hydrogen) atoms. The maximum atomic E-state index is 10.7. The molecule has 0 N–H and O–H groups in total. The number of Topliss-reactive ketones (excluding diaryl/α,β-unsaturated/α-hetero) is 1. The fraction of sp³-hybridized carbons (Fsp3) is 0.143. The van der Waals surface area contributed by atoms with Gasteiger partial charge in [-0.2, -0.15) is 0 Å². The number of hydrogen-bond donors (Lipinski definition) is 0. The fourth-order valence-electron chi connectivity index (χ4n) is 0.584. The molecule has 2 nitrogen and oxygen atoms in total. The van der Waals surface area contributed by atoms with Gasteiger partial charge in [-0.15, -0.1) is 12.4 Å². The summed E-state index contributed by atoms with van der Waals surface area (Å²) in [5.74, 6) is -0.00694. The monoisotopic (exact) mass is 235 g/mol. The van der Waals surface area contributed by atoms with Gasteiger partial charge >= 0.3 is 0 Å². The molecule has 0 aromatic carbocycles. The molecule has 0 aliphatic rings. The van der Waals surface area contributed by atoms with Gasteiger partial charge in [0.1, 0.15) is 5.69 Å². The van der Waals surface area contributed by atoms with Crippen molar-refractivity contribution in [3.05, 3.63) is 28.5 Å². The highest BCUT2D eigenvalue weighted by molar-refractivity contribution is 9.10. The molecule has 1 aromatic heterocycles. The van der Waals surface area contributed by atoms with E-state index < -0.39 is 0 Å². The van der Waals surface area contributed by atoms with Crippen molar-refractivity contribution in [3.8, 4) is 0 Å². The summed E-state index contributed by atoms with van der Waals surface area (Å²) in [5, 5.41) is 0. The Labute approximate surface area is 79.6 Å². The van der Waals surface area contributed by atoms with Crippen molar-refractivity contribution in [2.75, 3.05) is 0 Å². The van der Waals surface area contributed by atoms with E-state index in [9.17, 15) is 4.79 Å². The van der Waals surface area contributed by atoms with Gasteiger partial charge in [0.2, 0.25) is 0 Å². The molecule has 0 unspecified atom stereocenters. The van der Waals surface area contributed by atoms with Crippen molar-refractivity contribution in [2.45, 2.75) is 6.92 Å². The number of aromatic nitrogens is 1. The largest absolute Gasteiger partial charge is 0.293 e. The molecule has 0 saturated heterocycles. The van der Waals surface area contributed by atoms with E-state index in [2.05, 4.69) is 20.9 Å². The Balaban J connectivity index is 0.000001000. The first-order valence-electron chi connectivity index (χ1n) is 2.82. The average molecular weight is 236 g/mol. The zero-order valence-corrected chi connectivity index (χ0v) is 8.28. The van der Waals surface area contributed by atoms with Gasteiger partial charge in [0.15, 0.2) is 5.78 Å². The van der Waals surface area contributed by atoms with E-state index in [-0.39, 0.29) is 18.2 Å². The topological polar surface area (TPSA) is 30.0 Å². The summed E-state index contributed by atoms with van der Waals surface area (Å²) in [6.45, 7) is 1.50. The highest BCUT2D eigenvalue weighted by Gasteiger charge is 1.97. The van der Waals surface area contributed by atoms with Gasteiger partial charge in [0, 0.05) is 17.6 Å². The van der Waals surface area contributed by atoms with Crippen LogP contribution in [0.2, 0.25) is 0 Å². The summed E-state index contributed by atoms with van der Waals surface area (Å²) in [5.41, 5.74) is 0.503. The molecular formula is C7H7BrClNO. The Bertz CT molecular complexity index is 247. The quantitative estimate of drug-likeness (QED) is 0.701. The molecule has 0 fully saturated rings. The van der Waals surface area contributed by atoms with Gasteiger partial charge in [0.25, 0.3) is 0 Å². The van der Waals surface area contributed by atoms with Crippen LogP contribution in [0.4, 0.5) is 0 Å². The highest BCUT2D eigenvalue weighted by Crippen LogP contribution is 2.07. The number of halogens is 2. The van der Waals surface area contributed by atoms with E-state index in [1.165, 1.54) is 6.92 Å². The Kier molecular flexibility index (Phi) is 4.30. The normalized spacial score (nSPS) is 8.55. The minimum Gasteiger partial charge on any atom is -0.293 e. The first-order valence-corrected chi connectivity index (χ1v) is 3.62.